The Balaban J connectivity index is 2.50. The molecule has 0 spiro atoms. The Morgan fingerprint density at radius 3 is 2.74 bits per heavy atom. The van der Waals surface area contributed by atoms with Crippen LogP contribution < -0.4 is 11.2 Å². The number of carboxylic acids is 1. The van der Waals surface area contributed by atoms with E-state index < -0.39 is 23.1 Å². The molecule has 1 aliphatic carbocycles. The number of allylic oxidation sites excluding steroid dienone is 3. The number of carboxylic acid groups (broad SMARTS) is 1. The maximum absolute atomic E-state index is 11.7. The highest BCUT2D eigenvalue weighted by Crippen LogP contribution is 2.27. The molecule has 1 unspecified atom stereocenters. The van der Waals surface area contributed by atoms with Crippen molar-refractivity contribution in [3.8, 4) is 0 Å². The highest BCUT2D eigenvalue weighted by atomic mass is 16.4. The monoisotopic (exact) mass is 263 g/mol. The van der Waals surface area contributed by atoms with Crippen LogP contribution in [0.1, 0.15) is 19.8 Å². The van der Waals surface area contributed by atoms with Crippen LogP contribution in [0.4, 0.5) is 0 Å². The van der Waals surface area contributed by atoms with Crippen molar-refractivity contribution in [2.75, 3.05) is 0 Å². The lowest BCUT2D eigenvalue weighted by Gasteiger charge is -2.19. The maximum Gasteiger partial charge on any atom is 0.349 e. The molecule has 7 heteroatoms. The van der Waals surface area contributed by atoms with Gasteiger partial charge in [0.2, 0.25) is 0 Å². The summed E-state index contributed by atoms with van der Waals surface area (Å²) in [6.07, 6.45) is 5.93. The number of aromatic amines is 1. The van der Waals surface area contributed by atoms with E-state index in [2.05, 4.69) is 10.1 Å². The Bertz CT molecular complexity index is 681. The third-order valence-electron chi connectivity index (χ3n) is 2.94. The van der Waals surface area contributed by atoms with E-state index in [0.717, 1.165) is 10.9 Å². The molecule has 1 aliphatic rings. The Hall–Kier alpha value is -2.44. The number of hydrogen-bond acceptors (Lipinski definition) is 4. The molecule has 0 saturated heterocycles. The lowest BCUT2D eigenvalue weighted by Crippen LogP contribution is -2.32. The second-order valence-electron chi connectivity index (χ2n) is 4.24. The van der Waals surface area contributed by atoms with Crippen molar-refractivity contribution < 1.29 is 9.90 Å². The summed E-state index contributed by atoms with van der Waals surface area (Å²) < 4.78 is 1.02. The zero-order valence-electron chi connectivity index (χ0n) is 10.3. The second-order valence-corrected chi connectivity index (χ2v) is 4.24. The molecule has 1 atom stereocenters. The SMILES string of the molecule is CC(C(=O)O)C1=CCCC=C1n1ncc(=O)[nH]c1=O. The number of aliphatic carboxylic acids is 1. The van der Waals surface area contributed by atoms with Crippen molar-refractivity contribution in [1.82, 2.24) is 14.8 Å². The van der Waals surface area contributed by atoms with Gasteiger partial charge >= 0.3 is 11.7 Å². The molecule has 0 radical (unpaired) electrons. The van der Waals surface area contributed by atoms with Gasteiger partial charge in [0.05, 0.1) is 11.6 Å². The summed E-state index contributed by atoms with van der Waals surface area (Å²) in [5.74, 6) is -1.72. The molecule has 7 nitrogen and oxygen atoms in total. The second kappa shape index (κ2) is 5.05. The summed E-state index contributed by atoms with van der Waals surface area (Å²) in [5, 5.41) is 12.8. The topological polar surface area (TPSA) is 105 Å². The number of hydrogen-bond donors (Lipinski definition) is 2. The summed E-state index contributed by atoms with van der Waals surface area (Å²) in [6.45, 7) is 1.55. The van der Waals surface area contributed by atoms with Crippen LogP contribution in [0.2, 0.25) is 0 Å². The van der Waals surface area contributed by atoms with Crippen molar-refractivity contribution in [3.05, 3.63) is 44.8 Å². The fourth-order valence-electron chi connectivity index (χ4n) is 1.95. The molecule has 0 aromatic carbocycles. The minimum atomic E-state index is -0.975. The average molecular weight is 263 g/mol. The smallest absolute Gasteiger partial charge is 0.349 e. The van der Waals surface area contributed by atoms with Gasteiger partial charge < -0.3 is 5.11 Å². The molecule has 0 fully saturated rings. The number of rotatable bonds is 3. The minimum absolute atomic E-state index is 0.419. The Morgan fingerprint density at radius 1 is 1.42 bits per heavy atom. The van der Waals surface area contributed by atoms with Crippen LogP contribution in [0.5, 0.6) is 0 Å². The molecule has 2 N–H and O–H groups in total. The van der Waals surface area contributed by atoms with Gasteiger partial charge in [-0.25, -0.2) is 4.79 Å². The quantitative estimate of drug-likeness (QED) is 0.811. The van der Waals surface area contributed by atoms with Crippen molar-refractivity contribution in [1.29, 1.82) is 0 Å². The van der Waals surface area contributed by atoms with E-state index in [4.69, 9.17) is 5.11 Å². The molecule has 0 bridgehead atoms. The summed E-state index contributed by atoms with van der Waals surface area (Å²) in [5.41, 5.74) is -0.318. The summed E-state index contributed by atoms with van der Waals surface area (Å²) in [7, 11) is 0. The van der Waals surface area contributed by atoms with Crippen molar-refractivity contribution in [2.24, 2.45) is 5.92 Å². The van der Waals surface area contributed by atoms with Crippen LogP contribution in [0.3, 0.4) is 0 Å². The Kier molecular flexibility index (Phi) is 3.46. The van der Waals surface area contributed by atoms with Gasteiger partial charge in [0.15, 0.2) is 0 Å². The van der Waals surface area contributed by atoms with E-state index in [1.807, 2.05) is 0 Å². The normalized spacial score (nSPS) is 16.5. The number of nitrogens with one attached hydrogen (secondary N) is 1. The molecule has 2 rings (SSSR count). The van der Waals surface area contributed by atoms with Crippen LogP contribution in [0.25, 0.3) is 5.70 Å². The zero-order valence-corrected chi connectivity index (χ0v) is 10.3. The molecule has 0 saturated carbocycles. The Morgan fingerprint density at radius 2 is 2.11 bits per heavy atom. The van der Waals surface area contributed by atoms with Crippen molar-refractivity contribution in [2.45, 2.75) is 19.8 Å². The first-order valence-corrected chi connectivity index (χ1v) is 5.83. The van der Waals surface area contributed by atoms with Crippen LogP contribution in [-0.4, -0.2) is 25.8 Å². The highest BCUT2D eigenvalue weighted by Gasteiger charge is 2.23. The van der Waals surface area contributed by atoms with E-state index in [0.29, 0.717) is 24.1 Å². The van der Waals surface area contributed by atoms with Gasteiger partial charge in [0, 0.05) is 0 Å². The van der Waals surface area contributed by atoms with Crippen LogP contribution in [-0.2, 0) is 4.79 Å². The summed E-state index contributed by atoms with van der Waals surface area (Å²) >= 11 is 0. The molecular weight excluding hydrogens is 250 g/mol. The minimum Gasteiger partial charge on any atom is -0.481 e. The van der Waals surface area contributed by atoms with Gasteiger partial charge in [-0.05, 0) is 25.3 Å². The molecule has 19 heavy (non-hydrogen) atoms. The van der Waals surface area contributed by atoms with Gasteiger partial charge in [-0.15, -0.1) is 0 Å². The van der Waals surface area contributed by atoms with Crippen LogP contribution in [0, 0.1) is 5.92 Å². The molecule has 0 amide bonds. The average Bonchev–Trinajstić information content (AvgIpc) is 2.38. The van der Waals surface area contributed by atoms with Gasteiger partial charge in [-0.1, -0.05) is 12.2 Å². The van der Waals surface area contributed by atoms with Gasteiger partial charge in [0.1, 0.15) is 6.20 Å². The maximum atomic E-state index is 11.7. The number of nitrogens with zero attached hydrogens (tertiary/aromatic N) is 2. The van der Waals surface area contributed by atoms with E-state index in [-0.39, 0.29) is 0 Å². The first kappa shape index (κ1) is 13.0. The Labute approximate surface area is 107 Å². The lowest BCUT2D eigenvalue weighted by atomic mass is 9.92. The predicted molar refractivity (Wildman–Crippen MR) is 67.5 cm³/mol. The molecule has 0 aliphatic heterocycles. The molecule has 1 aromatic heterocycles. The third kappa shape index (κ3) is 2.54. The molecule has 1 heterocycles. The zero-order chi connectivity index (χ0) is 14.0. The standard InChI is InChI=1S/C12H13N3O4/c1-7(11(17)18)8-4-2-3-5-9(8)15-12(19)14-10(16)6-13-15/h4-7H,2-3H2,1H3,(H,17,18)(H,14,16,19). The number of carbonyl (C=O) groups is 1. The molecular formula is C12H13N3O4. The van der Waals surface area contributed by atoms with Gasteiger partial charge in [-0.3, -0.25) is 14.6 Å². The summed E-state index contributed by atoms with van der Waals surface area (Å²) in [4.78, 5) is 35.9. The first-order chi connectivity index (χ1) is 9.00. The van der Waals surface area contributed by atoms with E-state index in [1.54, 1.807) is 19.1 Å². The molecule has 1 aromatic rings. The van der Waals surface area contributed by atoms with E-state index in [9.17, 15) is 14.4 Å². The largest absolute Gasteiger partial charge is 0.481 e. The molecule has 100 valence electrons. The van der Waals surface area contributed by atoms with E-state index in [1.165, 1.54) is 0 Å². The van der Waals surface area contributed by atoms with Crippen molar-refractivity contribution in [3.63, 3.8) is 0 Å². The van der Waals surface area contributed by atoms with Crippen LogP contribution in [0.15, 0.2) is 33.5 Å². The van der Waals surface area contributed by atoms with Crippen LogP contribution >= 0.6 is 0 Å². The van der Waals surface area contributed by atoms with E-state index >= 15 is 0 Å². The van der Waals surface area contributed by atoms with Crippen molar-refractivity contribution >= 4 is 11.7 Å². The fourth-order valence-corrected chi connectivity index (χ4v) is 1.95. The number of H-pyrrole nitrogens is 1. The van der Waals surface area contributed by atoms with Gasteiger partial charge in [-0.2, -0.15) is 9.78 Å². The predicted octanol–water partition coefficient (Wildman–Crippen LogP) is 0.213. The van der Waals surface area contributed by atoms with Gasteiger partial charge in [0.25, 0.3) is 5.56 Å². The summed E-state index contributed by atoms with van der Waals surface area (Å²) in [6, 6.07) is 0. The third-order valence-corrected chi connectivity index (χ3v) is 2.94. The first-order valence-electron chi connectivity index (χ1n) is 5.83. The fraction of sp³-hybridized carbons (Fsp3) is 0.333. The highest BCUT2D eigenvalue weighted by molar-refractivity contribution is 5.81. The lowest BCUT2D eigenvalue weighted by molar-refractivity contribution is -0.139. The number of aromatic nitrogens is 3.